The third-order valence-electron chi connectivity index (χ3n) is 2.99. The Balaban J connectivity index is 2.40. The van der Waals surface area contributed by atoms with Crippen molar-refractivity contribution in [2.45, 2.75) is 5.16 Å². The fraction of sp³-hybridized carbons (Fsp3) is 0. The Bertz CT molecular complexity index is 927. The largest absolute Gasteiger partial charge is 0.269 e. The van der Waals surface area contributed by atoms with Gasteiger partial charge < -0.3 is 0 Å². The topological polar surface area (TPSA) is 34.9 Å². The summed E-state index contributed by atoms with van der Waals surface area (Å²) in [6.07, 6.45) is 0. The highest BCUT2D eigenvalue weighted by atomic mass is 35.5. The molecule has 0 atom stereocenters. The number of halogens is 3. The van der Waals surface area contributed by atoms with Gasteiger partial charge in [0.1, 0.15) is 17.0 Å². The summed E-state index contributed by atoms with van der Waals surface area (Å²) < 4.78 is 28.4. The average Bonchev–Trinajstić information content (AvgIpc) is 2.42. The first-order valence-electron chi connectivity index (χ1n) is 5.84. The van der Waals surface area contributed by atoms with Crippen LogP contribution in [0.25, 0.3) is 16.6 Å². The van der Waals surface area contributed by atoms with E-state index in [2.05, 4.69) is 17.6 Å². The van der Waals surface area contributed by atoms with Crippen molar-refractivity contribution in [1.82, 2.24) is 9.55 Å². The maximum atomic E-state index is 13.8. The summed E-state index contributed by atoms with van der Waals surface area (Å²) in [6.45, 7) is 0. The first-order chi connectivity index (χ1) is 9.99. The van der Waals surface area contributed by atoms with E-state index in [-0.39, 0.29) is 26.8 Å². The molecule has 21 heavy (non-hydrogen) atoms. The number of thiol groups is 1. The van der Waals surface area contributed by atoms with Crippen LogP contribution in [-0.4, -0.2) is 9.55 Å². The summed E-state index contributed by atoms with van der Waals surface area (Å²) in [7, 11) is 0. The smallest absolute Gasteiger partial charge is 0.268 e. The Morgan fingerprint density at radius 3 is 2.62 bits per heavy atom. The van der Waals surface area contributed by atoms with Crippen LogP contribution in [0.3, 0.4) is 0 Å². The van der Waals surface area contributed by atoms with Crippen molar-refractivity contribution in [2.75, 3.05) is 0 Å². The van der Waals surface area contributed by atoms with E-state index in [9.17, 15) is 13.6 Å². The molecule has 3 rings (SSSR count). The van der Waals surface area contributed by atoms with Crippen LogP contribution in [0.15, 0.2) is 46.3 Å². The maximum absolute atomic E-state index is 13.8. The lowest BCUT2D eigenvalue weighted by Crippen LogP contribution is -2.22. The number of benzene rings is 2. The van der Waals surface area contributed by atoms with Crippen molar-refractivity contribution < 1.29 is 8.78 Å². The van der Waals surface area contributed by atoms with Crippen LogP contribution in [0.5, 0.6) is 0 Å². The van der Waals surface area contributed by atoms with E-state index in [4.69, 9.17) is 11.6 Å². The van der Waals surface area contributed by atoms with Gasteiger partial charge in [0, 0.05) is 0 Å². The molecule has 0 aliphatic rings. The molecule has 0 amide bonds. The van der Waals surface area contributed by atoms with E-state index in [0.29, 0.717) is 0 Å². The fourth-order valence-corrected chi connectivity index (χ4v) is 2.47. The Hall–Kier alpha value is -1.92. The molecule has 0 saturated carbocycles. The Morgan fingerprint density at radius 1 is 1.14 bits per heavy atom. The molecule has 0 fully saturated rings. The van der Waals surface area contributed by atoms with Crippen LogP contribution in [-0.2, 0) is 0 Å². The molecule has 1 heterocycles. The molecule has 0 aliphatic carbocycles. The van der Waals surface area contributed by atoms with Crippen LogP contribution >= 0.6 is 24.2 Å². The predicted molar refractivity (Wildman–Crippen MR) is 79.5 cm³/mol. The molecule has 0 unspecified atom stereocenters. The number of rotatable bonds is 1. The highest BCUT2D eigenvalue weighted by Crippen LogP contribution is 2.21. The van der Waals surface area contributed by atoms with Gasteiger partial charge in [0.15, 0.2) is 5.16 Å². The molecular formula is C14H7ClF2N2OS. The number of nitrogens with zero attached hydrogens (tertiary/aromatic N) is 2. The van der Waals surface area contributed by atoms with Crippen molar-refractivity contribution in [3.63, 3.8) is 0 Å². The molecule has 3 aromatic rings. The third-order valence-corrected chi connectivity index (χ3v) is 3.60. The lowest BCUT2D eigenvalue weighted by atomic mass is 10.2. The van der Waals surface area contributed by atoms with Crippen molar-refractivity contribution in [1.29, 1.82) is 0 Å². The molecular weight excluding hydrogens is 318 g/mol. The minimum Gasteiger partial charge on any atom is -0.268 e. The minimum atomic E-state index is -0.693. The molecule has 0 N–H and O–H groups in total. The van der Waals surface area contributed by atoms with Crippen LogP contribution < -0.4 is 5.56 Å². The number of aromatic nitrogens is 2. The second kappa shape index (κ2) is 5.13. The van der Waals surface area contributed by atoms with Crippen LogP contribution in [0.4, 0.5) is 8.78 Å². The van der Waals surface area contributed by atoms with Gasteiger partial charge in [-0.25, -0.2) is 13.8 Å². The van der Waals surface area contributed by atoms with Crippen molar-refractivity contribution in [2.24, 2.45) is 0 Å². The quantitative estimate of drug-likeness (QED) is 0.548. The minimum absolute atomic E-state index is 0.0276. The normalized spacial score (nSPS) is 11.0. The molecule has 3 nitrogen and oxygen atoms in total. The van der Waals surface area contributed by atoms with Gasteiger partial charge in [0.25, 0.3) is 5.56 Å². The Morgan fingerprint density at radius 2 is 1.90 bits per heavy atom. The fourth-order valence-electron chi connectivity index (χ4n) is 2.03. The highest BCUT2D eigenvalue weighted by molar-refractivity contribution is 7.80. The monoisotopic (exact) mass is 324 g/mol. The summed E-state index contributed by atoms with van der Waals surface area (Å²) in [5.41, 5.74) is -0.301. The second-order valence-electron chi connectivity index (χ2n) is 4.28. The van der Waals surface area contributed by atoms with Gasteiger partial charge in [-0.1, -0.05) is 17.7 Å². The molecule has 0 aliphatic heterocycles. The SMILES string of the molecule is O=c1c2c(F)cccc2nc(S)n1-c1ccc(Cl)c(F)c1. The van der Waals surface area contributed by atoms with Gasteiger partial charge >= 0.3 is 0 Å². The molecule has 0 radical (unpaired) electrons. The summed E-state index contributed by atoms with van der Waals surface area (Å²) in [5.74, 6) is -1.39. The van der Waals surface area contributed by atoms with Crippen LogP contribution in [0.2, 0.25) is 5.02 Å². The molecule has 7 heteroatoms. The summed E-state index contributed by atoms with van der Waals surface area (Å²) >= 11 is 9.73. The summed E-state index contributed by atoms with van der Waals surface area (Å²) in [4.78, 5) is 16.5. The van der Waals surface area contributed by atoms with Gasteiger partial charge in [-0.3, -0.25) is 9.36 Å². The second-order valence-corrected chi connectivity index (χ2v) is 5.09. The third kappa shape index (κ3) is 2.30. The van der Waals surface area contributed by atoms with Gasteiger partial charge in [-0.05, 0) is 30.3 Å². The maximum Gasteiger partial charge on any atom is 0.269 e. The van der Waals surface area contributed by atoms with Gasteiger partial charge in [-0.15, -0.1) is 12.6 Å². The molecule has 0 saturated heterocycles. The Labute approximate surface area is 128 Å². The lowest BCUT2D eigenvalue weighted by molar-refractivity contribution is 0.624. The average molecular weight is 325 g/mol. The summed E-state index contributed by atoms with van der Waals surface area (Å²) in [6, 6.07) is 7.92. The van der Waals surface area contributed by atoms with E-state index in [1.54, 1.807) is 0 Å². The zero-order valence-corrected chi connectivity index (χ0v) is 12.0. The lowest BCUT2D eigenvalue weighted by Gasteiger charge is -2.10. The first kappa shape index (κ1) is 14.0. The molecule has 2 aromatic carbocycles. The van der Waals surface area contributed by atoms with Gasteiger partial charge in [-0.2, -0.15) is 0 Å². The Kier molecular flexibility index (Phi) is 3.43. The van der Waals surface area contributed by atoms with E-state index >= 15 is 0 Å². The summed E-state index contributed by atoms with van der Waals surface area (Å²) in [5, 5.41) is -0.224. The van der Waals surface area contributed by atoms with E-state index in [0.717, 1.165) is 16.7 Å². The van der Waals surface area contributed by atoms with Crippen molar-refractivity contribution in [3.05, 3.63) is 63.4 Å². The number of hydrogen-bond acceptors (Lipinski definition) is 3. The number of hydrogen-bond donors (Lipinski definition) is 1. The van der Waals surface area contributed by atoms with Gasteiger partial charge in [0.05, 0.1) is 16.2 Å². The van der Waals surface area contributed by atoms with Crippen LogP contribution in [0.1, 0.15) is 0 Å². The van der Waals surface area contributed by atoms with Crippen molar-refractivity contribution >= 4 is 35.1 Å². The molecule has 106 valence electrons. The highest BCUT2D eigenvalue weighted by Gasteiger charge is 2.14. The molecule has 1 aromatic heterocycles. The molecule has 0 bridgehead atoms. The van der Waals surface area contributed by atoms with E-state index < -0.39 is 17.2 Å². The van der Waals surface area contributed by atoms with E-state index in [1.165, 1.54) is 24.3 Å². The standard InChI is InChI=1S/C14H7ClF2N2OS/c15-8-5-4-7(6-10(8)17)19-13(20)12-9(16)2-1-3-11(12)18-14(19)21/h1-6H,(H,18,21). The van der Waals surface area contributed by atoms with Gasteiger partial charge in [0.2, 0.25) is 0 Å². The van der Waals surface area contributed by atoms with Crippen LogP contribution in [0, 0.1) is 11.6 Å². The number of fused-ring (bicyclic) bond motifs is 1. The zero-order chi connectivity index (χ0) is 15.1. The molecule has 0 spiro atoms. The zero-order valence-electron chi connectivity index (χ0n) is 10.3. The first-order valence-corrected chi connectivity index (χ1v) is 6.67. The van der Waals surface area contributed by atoms with Crippen molar-refractivity contribution in [3.8, 4) is 5.69 Å². The predicted octanol–water partition coefficient (Wildman–Crippen LogP) is 3.61. The van der Waals surface area contributed by atoms with E-state index in [1.807, 2.05) is 0 Å².